The van der Waals surface area contributed by atoms with Gasteiger partial charge in [-0.2, -0.15) is 0 Å². The summed E-state index contributed by atoms with van der Waals surface area (Å²) >= 11 is 6.02. The van der Waals surface area contributed by atoms with E-state index in [1.165, 1.54) is 6.54 Å². The minimum Gasteiger partial charge on any atom is -0.324 e. The van der Waals surface area contributed by atoms with Crippen LogP contribution in [-0.2, 0) is 0 Å². The van der Waals surface area contributed by atoms with E-state index in [0.29, 0.717) is 6.04 Å². The van der Waals surface area contributed by atoms with Crippen LogP contribution in [0.1, 0.15) is 24.9 Å². The second-order valence-electron chi connectivity index (χ2n) is 6.22. The number of hydrogen-bond donors (Lipinski definition) is 1. The predicted octanol–water partition coefficient (Wildman–Crippen LogP) is 2.61. The highest BCUT2D eigenvalue weighted by molar-refractivity contribution is 6.30. The Morgan fingerprint density at radius 3 is 2.75 bits per heavy atom. The van der Waals surface area contributed by atoms with Crippen molar-refractivity contribution in [3.8, 4) is 0 Å². The van der Waals surface area contributed by atoms with Crippen LogP contribution < -0.4 is 5.73 Å². The molecule has 20 heavy (non-hydrogen) atoms. The normalized spacial score (nSPS) is 25.3. The van der Waals surface area contributed by atoms with Gasteiger partial charge in [0, 0.05) is 36.7 Å². The predicted molar refractivity (Wildman–Crippen MR) is 86.1 cm³/mol. The van der Waals surface area contributed by atoms with Crippen LogP contribution in [0.3, 0.4) is 0 Å². The van der Waals surface area contributed by atoms with E-state index in [1.807, 2.05) is 18.2 Å². The van der Waals surface area contributed by atoms with Gasteiger partial charge in [-0.1, -0.05) is 30.7 Å². The summed E-state index contributed by atoms with van der Waals surface area (Å²) < 4.78 is 0. The summed E-state index contributed by atoms with van der Waals surface area (Å²) in [6.07, 6.45) is 0.979. The van der Waals surface area contributed by atoms with Crippen LogP contribution in [0, 0.1) is 5.92 Å². The number of hydrogen-bond acceptors (Lipinski definition) is 3. The van der Waals surface area contributed by atoms with Crippen molar-refractivity contribution < 1.29 is 0 Å². The minimum atomic E-state index is 0.0717. The largest absolute Gasteiger partial charge is 0.324 e. The second kappa shape index (κ2) is 6.90. The van der Waals surface area contributed by atoms with E-state index in [0.717, 1.165) is 36.0 Å². The van der Waals surface area contributed by atoms with Crippen molar-refractivity contribution in [1.82, 2.24) is 9.80 Å². The Kier molecular flexibility index (Phi) is 5.44. The van der Waals surface area contributed by atoms with E-state index in [1.54, 1.807) is 0 Å². The van der Waals surface area contributed by atoms with Crippen molar-refractivity contribution >= 4 is 11.6 Å². The lowest BCUT2D eigenvalue weighted by Gasteiger charge is -2.23. The van der Waals surface area contributed by atoms with Gasteiger partial charge >= 0.3 is 0 Å². The molecule has 3 atom stereocenters. The number of halogens is 1. The number of benzene rings is 1. The smallest absolute Gasteiger partial charge is 0.0409 e. The maximum Gasteiger partial charge on any atom is 0.0409 e. The molecule has 1 saturated heterocycles. The summed E-state index contributed by atoms with van der Waals surface area (Å²) in [5, 5.41) is 0.764. The van der Waals surface area contributed by atoms with E-state index in [2.05, 4.69) is 36.9 Å². The van der Waals surface area contributed by atoms with Gasteiger partial charge in [0.25, 0.3) is 0 Å². The molecule has 112 valence electrons. The monoisotopic (exact) mass is 295 g/mol. The maximum atomic E-state index is 6.28. The van der Waals surface area contributed by atoms with E-state index in [4.69, 9.17) is 17.3 Å². The Morgan fingerprint density at radius 1 is 1.40 bits per heavy atom. The Labute approximate surface area is 127 Å². The first-order valence-electron chi connectivity index (χ1n) is 7.37. The standard InChI is InChI=1S/C16H26ClN3/c1-12-10-20(11-16(12)19(2)3)8-7-15(18)13-5-4-6-14(17)9-13/h4-6,9,12,15-16H,7-8,10-11,18H2,1-3H3. The summed E-state index contributed by atoms with van der Waals surface area (Å²) in [7, 11) is 4.34. The fraction of sp³-hybridized carbons (Fsp3) is 0.625. The van der Waals surface area contributed by atoms with Crippen molar-refractivity contribution in [3.05, 3.63) is 34.9 Å². The molecule has 0 bridgehead atoms. The van der Waals surface area contributed by atoms with Crippen molar-refractivity contribution in [2.45, 2.75) is 25.4 Å². The van der Waals surface area contributed by atoms with Gasteiger partial charge in [-0.3, -0.25) is 0 Å². The second-order valence-corrected chi connectivity index (χ2v) is 6.65. The van der Waals surface area contributed by atoms with Gasteiger partial charge < -0.3 is 15.5 Å². The zero-order valence-electron chi connectivity index (χ0n) is 12.7. The third-order valence-electron chi connectivity index (χ3n) is 4.34. The lowest BCUT2D eigenvalue weighted by Crippen LogP contribution is -2.34. The number of rotatable bonds is 5. The van der Waals surface area contributed by atoms with Gasteiger partial charge in [0.2, 0.25) is 0 Å². The summed E-state index contributed by atoms with van der Waals surface area (Å²) in [6, 6.07) is 8.63. The number of nitrogens with two attached hydrogens (primary N) is 1. The molecular weight excluding hydrogens is 270 g/mol. The summed E-state index contributed by atoms with van der Waals surface area (Å²) in [6.45, 7) is 5.71. The molecule has 0 amide bonds. The average Bonchev–Trinajstić information content (AvgIpc) is 2.77. The molecule has 4 heteroatoms. The summed E-state index contributed by atoms with van der Waals surface area (Å²) in [5.41, 5.74) is 7.41. The van der Waals surface area contributed by atoms with Crippen LogP contribution >= 0.6 is 11.6 Å². The molecule has 0 aliphatic carbocycles. The van der Waals surface area contributed by atoms with Gasteiger partial charge in [0.05, 0.1) is 0 Å². The van der Waals surface area contributed by atoms with Crippen molar-refractivity contribution in [1.29, 1.82) is 0 Å². The lowest BCUT2D eigenvalue weighted by molar-refractivity contribution is 0.250. The van der Waals surface area contributed by atoms with Crippen molar-refractivity contribution in [3.63, 3.8) is 0 Å². The molecule has 0 saturated carbocycles. The molecular formula is C16H26ClN3. The maximum absolute atomic E-state index is 6.28. The number of nitrogens with zero attached hydrogens (tertiary/aromatic N) is 2. The van der Waals surface area contributed by atoms with Crippen LogP contribution in [0.5, 0.6) is 0 Å². The number of likely N-dealkylation sites (tertiary alicyclic amines) is 1. The first-order chi connectivity index (χ1) is 9.47. The summed E-state index contributed by atoms with van der Waals surface area (Å²) in [4.78, 5) is 4.86. The van der Waals surface area contributed by atoms with Gasteiger partial charge in [-0.15, -0.1) is 0 Å². The van der Waals surface area contributed by atoms with Crippen molar-refractivity contribution in [2.75, 3.05) is 33.7 Å². The highest BCUT2D eigenvalue weighted by Gasteiger charge is 2.30. The lowest BCUT2D eigenvalue weighted by atomic mass is 10.0. The molecule has 1 aromatic carbocycles. The quantitative estimate of drug-likeness (QED) is 0.906. The molecule has 1 fully saturated rings. The van der Waals surface area contributed by atoms with Crippen LogP contribution in [0.15, 0.2) is 24.3 Å². The average molecular weight is 296 g/mol. The molecule has 3 nitrogen and oxygen atoms in total. The molecule has 2 N–H and O–H groups in total. The van der Waals surface area contributed by atoms with Gasteiger partial charge in [0.15, 0.2) is 0 Å². The van der Waals surface area contributed by atoms with E-state index in [9.17, 15) is 0 Å². The Bertz CT molecular complexity index is 435. The minimum absolute atomic E-state index is 0.0717. The van der Waals surface area contributed by atoms with E-state index >= 15 is 0 Å². The Balaban J connectivity index is 1.84. The Morgan fingerprint density at radius 2 is 2.15 bits per heavy atom. The van der Waals surface area contributed by atoms with Gasteiger partial charge in [0.1, 0.15) is 0 Å². The molecule has 1 heterocycles. The molecule has 0 aromatic heterocycles. The first-order valence-corrected chi connectivity index (χ1v) is 7.75. The van der Waals surface area contributed by atoms with Gasteiger partial charge in [-0.05, 0) is 44.1 Å². The Hall–Kier alpha value is -0.610. The first kappa shape index (κ1) is 15.8. The third-order valence-corrected chi connectivity index (χ3v) is 4.58. The van der Waals surface area contributed by atoms with Crippen LogP contribution in [0.4, 0.5) is 0 Å². The van der Waals surface area contributed by atoms with Gasteiger partial charge in [-0.25, -0.2) is 0 Å². The molecule has 0 spiro atoms. The molecule has 1 aromatic rings. The number of likely N-dealkylation sites (N-methyl/N-ethyl adjacent to an activating group) is 1. The SMILES string of the molecule is CC1CN(CCC(N)c2cccc(Cl)c2)CC1N(C)C. The van der Waals surface area contributed by atoms with E-state index in [-0.39, 0.29) is 6.04 Å². The van der Waals surface area contributed by atoms with Crippen LogP contribution in [-0.4, -0.2) is 49.6 Å². The molecule has 1 aliphatic rings. The molecule has 1 aliphatic heterocycles. The third kappa shape index (κ3) is 3.95. The zero-order valence-corrected chi connectivity index (χ0v) is 13.5. The topological polar surface area (TPSA) is 32.5 Å². The van der Waals surface area contributed by atoms with Crippen molar-refractivity contribution in [2.24, 2.45) is 11.7 Å². The summed E-state index contributed by atoms with van der Waals surface area (Å²) in [5.74, 6) is 0.729. The van der Waals surface area contributed by atoms with Crippen LogP contribution in [0.25, 0.3) is 0 Å². The highest BCUT2D eigenvalue weighted by atomic mass is 35.5. The fourth-order valence-corrected chi connectivity index (χ4v) is 3.33. The molecule has 3 unspecified atom stereocenters. The zero-order chi connectivity index (χ0) is 14.7. The molecule has 0 radical (unpaired) electrons. The van der Waals surface area contributed by atoms with E-state index < -0.39 is 0 Å². The molecule has 2 rings (SSSR count). The fourth-order valence-electron chi connectivity index (χ4n) is 3.13. The highest BCUT2D eigenvalue weighted by Crippen LogP contribution is 2.23. The van der Waals surface area contributed by atoms with Crippen LogP contribution in [0.2, 0.25) is 5.02 Å².